The molecule has 0 aliphatic rings. The number of hydrogen-bond acceptors (Lipinski definition) is 3. The fraction of sp³-hybridized carbons (Fsp3) is 0.714. The highest BCUT2D eigenvalue weighted by atomic mass is 35.5. The van der Waals surface area contributed by atoms with E-state index in [2.05, 4.69) is 5.32 Å². The molecule has 3 nitrogen and oxygen atoms in total. The molecule has 0 aromatic heterocycles. The summed E-state index contributed by atoms with van der Waals surface area (Å²) in [6, 6.07) is -0.00660. The maximum atomic E-state index is 8.76. The molecule has 0 amide bonds. The summed E-state index contributed by atoms with van der Waals surface area (Å²) in [4.78, 5) is 0. The van der Waals surface area contributed by atoms with Gasteiger partial charge in [0.05, 0.1) is 19.3 Å². The molecule has 0 saturated carbocycles. The lowest BCUT2D eigenvalue weighted by atomic mass is 10.3. The standard InChI is InChI=1S/C7H14ClNO2/c1-11-6-7(5-10)9-4-2-3-8/h2-3,7,9-10H,4-6H2,1H3/b3-2+. The van der Waals surface area contributed by atoms with Gasteiger partial charge in [0.1, 0.15) is 0 Å². The Balaban J connectivity index is 3.35. The first kappa shape index (κ1) is 10.9. The van der Waals surface area contributed by atoms with Gasteiger partial charge in [0.15, 0.2) is 0 Å². The van der Waals surface area contributed by atoms with Crippen molar-refractivity contribution in [1.82, 2.24) is 5.32 Å². The van der Waals surface area contributed by atoms with Crippen LogP contribution < -0.4 is 5.32 Å². The van der Waals surface area contributed by atoms with Crippen LogP contribution in [0.15, 0.2) is 11.6 Å². The first-order valence-electron chi connectivity index (χ1n) is 3.43. The zero-order valence-corrected chi connectivity index (χ0v) is 7.34. The van der Waals surface area contributed by atoms with Gasteiger partial charge < -0.3 is 15.2 Å². The van der Waals surface area contributed by atoms with E-state index in [1.165, 1.54) is 5.54 Å². The quantitative estimate of drug-likeness (QED) is 0.618. The first-order valence-corrected chi connectivity index (χ1v) is 3.87. The van der Waals surface area contributed by atoms with Gasteiger partial charge in [-0.2, -0.15) is 0 Å². The Kier molecular flexibility index (Phi) is 7.95. The lowest BCUT2D eigenvalue weighted by Crippen LogP contribution is -2.36. The van der Waals surface area contributed by atoms with Crippen molar-refractivity contribution in [2.24, 2.45) is 0 Å². The van der Waals surface area contributed by atoms with E-state index in [0.29, 0.717) is 13.2 Å². The molecular formula is C7H14ClNO2. The number of aliphatic hydroxyl groups excluding tert-OH is 1. The van der Waals surface area contributed by atoms with Gasteiger partial charge in [-0.15, -0.1) is 0 Å². The third-order valence-electron chi connectivity index (χ3n) is 1.20. The fourth-order valence-corrected chi connectivity index (χ4v) is 0.746. The topological polar surface area (TPSA) is 41.5 Å². The van der Waals surface area contributed by atoms with Crippen LogP contribution in [-0.2, 0) is 4.74 Å². The molecule has 66 valence electrons. The van der Waals surface area contributed by atoms with Crippen molar-refractivity contribution < 1.29 is 9.84 Å². The van der Waals surface area contributed by atoms with Gasteiger partial charge in [-0.25, -0.2) is 0 Å². The first-order chi connectivity index (χ1) is 5.35. The zero-order valence-electron chi connectivity index (χ0n) is 6.59. The van der Waals surface area contributed by atoms with Gasteiger partial charge in [-0.05, 0) is 0 Å². The Morgan fingerprint density at radius 2 is 2.45 bits per heavy atom. The second-order valence-electron chi connectivity index (χ2n) is 2.10. The number of aliphatic hydroxyl groups is 1. The molecule has 0 heterocycles. The highest BCUT2D eigenvalue weighted by Crippen LogP contribution is 1.83. The SMILES string of the molecule is COCC(CO)NC/C=C/Cl. The van der Waals surface area contributed by atoms with Crippen LogP contribution >= 0.6 is 11.6 Å². The van der Waals surface area contributed by atoms with Crippen molar-refractivity contribution >= 4 is 11.6 Å². The molecule has 1 unspecified atom stereocenters. The number of nitrogens with one attached hydrogen (secondary N) is 1. The maximum Gasteiger partial charge on any atom is 0.0638 e. The molecule has 11 heavy (non-hydrogen) atoms. The minimum Gasteiger partial charge on any atom is -0.395 e. The highest BCUT2D eigenvalue weighted by molar-refractivity contribution is 6.25. The van der Waals surface area contributed by atoms with Crippen LogP contribution in [-0.4, -0.2) is 38.0 Å². The van der Waals surface area contributed by atoms with E-state index in [4.69, 9.17) is 21.4 Å². The summed E-state index contributed by atoms with van der Waals surface area (Å²) in [5.41, 5.74) is 1.44. The minimum absolute atomic E-state index is 0.00660. The largest absolute Gasteiger partial charge is 0.395 e. The second kappa shape index (κ2) is 8.01. The summed E-state index contributed by atoms with van der Waals surface area (Å²) in [6.07, 6.45) is 1.76. The van der Waals surface area contributed by atoms with Gasteiger partial charge >= 0.3 is 0 Å². The Morgan fingerprint density at radius 1 is 1.73 bits per heavy atom. The Morgan fingerprint density at radius 3 is 2.91 bits per heavy atom. The normalized spacial score (nSPS) is 14.1. The van der Waals surface area contributed by atoms with Crippen molar-refractivity contribution in [2.45, 2.75) is 6.04 Å². The van der Waals surface area contributed by atoms with Crippen LogP contribution in [0.3, 0.4) is 0 Å². The predicted octanol–water partition coefficient (Wildman–Crippen LogP) is 0.336. The molecule has 0 spiro atoms. The monoisotopic (exact) mass is 179 g/mol. The molecule has 0 saturated heterocycles. The molecule has 2 N–H and O–H groups in total. The number of methoxy groups -OCH3 is 1. The van der Waals surface area contributed by atoms with E-state index >= 15 is 0 Å². The summed E-state index contributed by atoms with van der Waals surface area (Å²) < 4.78 is 4.85. The number of rotatable bonds is 6. The molecular weight excluding hydrogens is 166 g/mol. The average molecular weight is 180 g/mol. The average Bonchev–Trinajstić information content (AvgIpc) is 2.03. The van der Waals surface area contributed by atoms with E-state index in [1.54, 1.807) is 13.2 Å². The van der Waals surface area contributed by atoms with Crippen LogP contribution in [0.2, 0.25) is 0 Å². The van der Waals surface area contributed by atoms with Crippen molar-refractivity contribution in [3.05, 3.63) is 11.6 Å². The van der Waals surface area contributed by atoms with Crippen molar-refractivity contribution in [3.63, 3.8) is 0 Å². The van der Waals surface area contributed by atoms with Crippen molar-refractivity contribution in [2.75, 3.05) is 26.9 Å². The summed E-state index contributed by atoms with van der Waals surface area (Å²) in [7, 11) is 1.60. The molecule has 0 radical (unpaired) electrons. The second-order valence-corrected chi connectivity index (χ2v) is 2.36. The van der Waals surface area contributed by atoms with E-state index in [1.807, 2.05) is 0 Å². The van der Waals surface area contributed by atoms with Crippen LogP contribution in [0.25, 0.3) is 0 Å². The van der Waals surface area contributed by atoms with Crippen LogP contribution in [0.4, 0.5) is 0 Å². The highest BCUT2D eigenvalue weighted by Gasteiger charge is 2.02. The molecule has 0 rings (SSSR count). The molecule has 0 aliphatic carbocycles. The third-order valence-corrected chi connectivity index (χ3v) is 1.38. The Labute approximate surface area is 72.0 Å². The van der Waals surface area contributed by atoms with Crippen molar-refractivity contribution in [1.29, 1.82) is 0 Å². The predicted molar refractivity (Wildman–Crippen MR) is 45.7 cm³/mol. The van der Waals surface area contributed by atoms with Gasteiger partial charge in [-0.1, -0.05) is 17.7 Å². The fourth-order valence-electron chi connectivity index (χ4n) is 0.657. The van der Waals surface area contributed by atoms with E-state index in [0.717, 1.165) is 0 Å². The molecule has 0 bridgehead atoms. The molecule has 4 heteroatoms. The zero-order chi connectivity index (χ0) is 8.53. The number of hydrogen-bond donors (Lipinski definition) is 2. The number of halogens is 1. The van der Waals surface area contributed by atoms with Crippen molar-refractivity contribution in [3.8, 4) is 0 Å². The summed E-state index contributed by atoms with van der Waals surface area (Å²) in [5.74, 6) is 0. The number of ether oxygens (including phenoxy) is 1. The van der Waals surface area contributed by atoms with E-state index < -0.39 is 0 Å². The summed E-state index contributed by atoms with van der Waals surface area (Å²) in [5, 5.41) is 11.8. The van der Waals surface area contributed by atoms with Gasteiger partial charge in [-0.3, -0.25) is 0 Å². The van der Waals surface area contributed by atoms with Gasteiger partial charge in [0.25, 0.3) is 0 Å². The smallest absolute Gasteiger partial charge is 0.0638 e. The van der Waals surface area contributed by atoms with Gasteiger partial charge in [0, 0.05) is 19.2 Å². The maximum absolute atomic E-state index is 8.76. The summed E-state index contributed by atoms with van der Waals surface area (Å²) >= 11 is 5.29. The van der Waals surface area contributed by atoms with Crippen LogP contribution in [0, 0.1) is 0 Å². The molecule has 0 aromatic rings. The molecule has 0 fully saturated rings. The lowest BCUT2D eigenvalue weighted by Gasteiger charge is -2.12. The molecule has 1 atom stereocenters. The molecule has 0 aromatic carbocycles. The third kappa shape index (κ3) is 6.31. The molecule has 0 aliphatic heterocycles. The van der Waals surface area contributed by atoms with Crippen LogP contribution in [0.1, 0.15) is 0 Å². The minimum atomic E-state index is -0.00660. The van der Waals surface area contributed by atoms with Gasteiger partial charge in [0.2, 0.25) is 0 Å². The Hall–Kier alpha value is -0.0900. The van der Waals surface area contributed by atoms with E-state index in [-0.39, 0.29) is 12.6 Å². The van der Waals surface area contributed by atoms with E-state index in [9.17, 15) is 0 Å². The summed E-state index contributed by atoms with van der Waals surface area (Å²) in [6.45, 7) is 1.23. The Bertz CT molecular complexity index is 109. The van der Waals surface area contributed by atoms with Crippen LogP contribution in [0.5, 0.6) is 0 Å². The lowest BCUT2D eigenvalue weighted by molar-refractivity contribution is 0.130.